The van der Waals surface area contributed by atoms with Crippen molar-refractivity contribution in [2.24, 2.45) is 0 Å². The Hall–Kier alpha value is -1.82. The van der Waals surface area contributed by atoms with Crippen molar-refractivity contribution in [1.29, 1.82) is 0 Å². The van der Waals surface area contributed by atoms with Crippen LogP contribution in [0.15, 0.2) is 35.1 Å². The van der Waals surface area contributed by atoms with Crippen LogP contribution in [0.3, 0.4) is 0 Å². The average molecular weight is 337 g/mol. The number of halogens is 1. The molecule has 1 aromatic carbocycles. The van der Waals surface area contributed by atoms with Crippen LogP contribution in [0.25, 0.3) is 0 Å². The van der Waals surface area contributed by atoms with Crippen molar-refractivity contribution < 1.29 is 4.74 Å². The van der Waals surface area contributed by atoms with Gasteiger partial charge in [-0.05, 0) is 28.9 Å². The standard InChI is InChI=1S/C14H17BrN4O/c1-3-16-13-12(15)14(19-9-18-13)17-8-10-6-4-5-7-11(10)20-2/h4-7,9H,3,8H2,1-2H3,(H2,16,17,18,19). The number of para-hydroxylation sites is 1. The van der Waals surface area contributed by atoms with Gasteiger partial charge in [-0.25, -0.2) is 9.97 Å². The van der Waals surface area contributed by atoms with E-state index in [0.717, 1.165) is 34.0 Å². The maximum atomic E-state index is 5.33. The molecule has 0 aliphatic heterocycles. The van der Waals surface area contributed by atoms with Crippen LogP contribution in [0.4, 0.5) is 11.6 Å². The minimum atomic E-state index is 0.630. The normalized spacial score (nSPS) is 10.2. The van der Waals surface area contributed by atoms with Crippen LogP contribution in [0, 0.1) is 0 Å². The molecule has 20 heavy (non-hydrogen) atoms. The molecule has 0 saturated heterocycles. The maximum absolute atomic E-state index is 5.33. The second-order valence-electron chi connectivity index (χ2n) is 4.08. The summed E-state index contributed by atoms with van der Waals surface area (Å²) in [5.74, 6) is 2.39. The predicted molar refractivity (Wildman–Crippen MR) is 84.2 cm³/mol. The average Bonchev–Trinajstić information content (AvgIpc) is 2.48. The number of hydrogen-bond donors (Lipinski definition) is 2. The molecule has 0 atom stereocenters. The van der Waals surface area contributed by atoms with Crippen molar-refractivity contribution in [3.05, 3.63) is 40.6 Å². The topological polar surface area (TPSA) is 59.1 Å². The van der Waals surface area contributed by atoms with Crippen LogP contribution in [0.5, 0.6) is 5.75 Å². The number of rotatable bonds is 6. The molecule has 5 nitrogen and oxygen atoms in total. The first-order valence-electron chi connectivity index (χ1n) is 6.36. The zero-order valence-electron chi connectivity index (χ0n) is 11.5. The van der Waals surface area contributed by atoms with Crippen LogP contribution in [-0.2, 0) is 6.54 Å². The summed E-state index contributed by atoms with van der Waals surface area (Å²) >= 11 is 3.51. The van der Waals surface area contributed by atoms with Gasteiger partial charge >= 0.3 is 0 Å². The van der Waals surface area contributed by atoms with Gasteiger partial charge in [0.15, 0.2) is 0 Å². The Balaban J connectivity index is 2.13. The lowest BCUT2D eigenvalue weighted by molar-refractivity contribution is 0.410. The fraction of sp³-hybridized carbons (Fsp3) is 0.286. The molecule has 1 aromatic heterocycles. The molecule has 0 unspecified atom stereocenters. The summed E-state index contributed by atoms with van der Waals surface area (Å²) in [5.41, 5.74) is 1.07. The number of methoxy groups -OCH3 is 1. The summed E-state index contributed by atoms with van der Waals surface area (Å²) in [5, 5.41) is 6.46. The van der Waals surface area contributed by atoms with E-state index in [4.69, 9.17) is 4.74 Å². The van der Waals surface area contributed by atoms with Crippen LogP contribution in [-0.4, -0.2) is 23.6 Å². The number of nitrogens with one attached hydrogen (secondary N) is 2. The van der Waals surface area contributed by atoms with Gasteiger partial charge in [0.05, 0.1) is 7.11 Å². The molecule has 106 valence electrons. The minimum absolute atomic E-state index is 0.630. The quantitative estimate of drug-likeness (QED) is 0.847. The Labute approximate surface area is 126 Å². The predicted octanol–water partition coefficient (Wildman–Crippen LogP) is 3.29. The highest BCUT2D eigenvalue weighted by Gasteiger charge is 2.08. The lowest BCUT2D eigenvalue weighted by Gasteiger charge is -2.12. The number of benzene rings is 1. The highest BCUT2D eigenvalue weighted by molar-refractivity contribution is 9.10. The van der Waals surface area contributed by atoms with Gasteiger partial charge in [0.1, 0.15) is 28.2 Å². The van der Waals surface area contributed by atoms with Gasteiger partial charge in [0.25, 0.3) is 0 Å². The molecule has 6 heteroatoms. The lowest BCUT2D eigenvalue weighted by Crippen LogP contribution is -2.07. The lowest BCUT2D eigenvalue weighted by atomic mass is 10.2. The van der Waals surface area contributed by atoms with Crippen LogP contribution < -0.4 is 15.4 Å². The Kier molecular flexibility index (Phi) is 5.17. The van der Waals surface area contributed by atoms with E-state index in [9.17, 15) is 0 Å². The molecule has 2 aromatic rings. The van der Waals surface area contributed by atoms with Gasteiger partial charge in [-0.1, -0.05) is 18.2 Å². The number of hydrogen-bond acceptors (Lipinski definition) is 5. The van der Waals surface area contributed by atoms with Crippen LogP contribution in [0.2, 0.25) is 0 Å². The third-order valence-electron chi connectivity index (χ3n) is 2.77. The monoisotopic (exact) mass is 336 g/mol. The number of ether oxygens (including phenoxy) is 1. The Morgan fingerprint density at radius 2 is 1.85 bits per heavy atom. The smallest absolute Gasteiger partial charge is 0.146 e. The number of anilines is 2. The van der Waals surface area contributed by atoms with E-state index in [1.807, 2.05) is 31.2 Å². The fourth-order valence-corrected chi connectivity index (χ4v) is 2.30. The third kappa shape index (κ3) is 3.39. The van der Waals surface area contributed by atoms with Crippen molar-refractivity contribution in [1.82, 2.24) is 9.97 Å². The molecule has 0 radical (unpaired) electrons. The number of nitrogens with zero attached hydrogens (tertiary/aromatic N) is 2. The first-order chi connectivity index (χ1) is 9.76. The van der Waals surface area contributed by atoms with E-state index < -0.39 is 0 Å². The molecular formula is C14H17BrN4O. The second kappa shape index (κ2) is 7.09. The molecular weight excluding hydrogens is 320 g/mol. The van der Waals surface area contributed by atoms with Crippen LogP contribution in [0.1, 0.15) is 12.5 Å². The molecule has 2 rings (SSSR count). The highest BCUT2D eigenvalue weighted by Crippen LogP contribution is 2.27. The Morgan fingerprint density at radius 3 is 2.55 bits per heavy atom. The molecule has 1 heterocycles. The van der Waals surface area contributed by atoms with E-state index >= 15 is 0 Å². The van der Waals surface area contributed by atoms with Crippen LogP contribution >= 0.6 is 15.9 Å². The summed E-state index contributed by atoms with van der Waals surface area (Å²) < 4.78 is 6.16. The zero-order chi connectivity index (χ0) is 14.4. The molecule has 0 amide bonds. The molecule has 0 spiro atoms. The van der Waals surface area contributed by atoms with E-state index in [1.54, 1.807) is 7.11 Å². The SMILES string of the molecule is CCNc1ncnc(NCc2ccccc2OC)c1Br. The molecule has 0 saturated carbocycles. The molecule has 0 aliphatic rings. The first-order valence-corrected chi connectivity index (χ1v) is 7.15. The molecule has 0 bridgehead atoms. The molecule has 0 aliphatic carbocycles. The second-order valence-corrected chi connectivity index (χ2v) is 4.87. The summed E-state index contributed by atoms with van der Waals surface area (Å²) in [6, 6.07) is 7.90. The van der Waals surface area contributed by atoms with Gasteiger partial charge in [-0.3, -0.25) is 0 Å². The molecule has 0 fully saturated rings. The van der Waals surface area contributed by atoms with E-state index in [0.29, 0.717) is 6.54 Å². The van der Waals surface area contributed by atoms with Gasteiger partial charge in [0, 0.05) is 18.7 Å². The van der Waals surface area contributed by atoms with Crippen molar-refractivity contribution in [3.8, 4) is 5.75 Å². The number of aromatic nitrogens is 2. The van der Waals surface area contributed by atoms with Crippen molar-refractivity contribution in [2.45, 2.75) is 13.5 Å². The largest absolute Gasteiger partial charge is 0.496 e. The van der Waals surface area contributed by atoms with Crippen molar-refractivity contribution in [2.75, 3.05) is 24.3 Å². The van der Waals surface area contributed by atoms with Gasteiger partial charge in [0.2, 0.25) is 0 Å². The van der Waals surface area contributed by atoms with Gasteiger partial charge < -0.3 is 15.4 Å². The summed E-state index contributed by atoms with van der Waals surface area (Å²) in [7, 11) is 1.67. The summed E-state index contributed by atoms with van der Waals surface area (Å²) in [6.45, 7) is 3.46. The highest BCUT2D eigenvalue weighted by atomic mass is 79.9. The molecule has 2 N–H and O–H groups in total. The Morgan fingerprint density at radius 1 is 1.15 bits per heavy atom. The van der Waals surface area contributed by atoms with Crippen molar-refractivity contribution >= 4 is 27.6 Å². The summed E-state index contributed by atoms with van der Waals surface area (Å²) in [4.78, 5) is 8.43. The first kappa shape index (κ1) is 14.6. The minimum Gasteiger partial charge on any atom is -0.496 e. The van der Waals surface area contributed by atoms with Gasteiger partial charge in [-0.2, -0.15) is 0 Å². The van der Waals surface area contributed by atoms with E-state index in [1.165, 1.54) is 6.33 Å². The fourth-order valence-electron chi connectivity index (χ4n) is 1.81. The Bertz CT molecular complexity index is 577. The van der Waals surface area contributed by atoms with E-state index in [2.05, 4.69) is 36.5 Å². The maximum Gasteiger partial charge on any atom is 0.146 e. The van der Waals surface area contributed by atoms with Gasteiger partial charge in [-0.15, -0.1) is 0 Å². The third-order valence-corrected chi connectivity index (χ3v) is 3.52. The van der Waals surface area contributed by atoms with Crippen molar-refractivity contribution in [3.63, 3.8) is 0 Å². The van der Waals surface area contributed by atoms with E-state index in [-0.39, 0.29) is 0 Å². The zero-order valence-corrected chi connectivity index (χ0v) is 13.1. The summed E-state index contributed by atoms with van der Waals surface area (Å²) in [6.07, 6.45) is 1.54.